The van der Waals surface area contributed by atoms with Gasteiger partial charge in [0, 0.05) is 22.7 Å². The SMILES string of the molecule is Cn1ncc(Cl)c1C(NN)c1c(Cl)cccc1Cl. The van der Waals surface area contributed by atoms with Crippen LogP contribution in [0, 0.1) is 0 Å². The second-order valence-corrected chi connectivity index (χ2v) is 4.96. The summed E-state index contributed by atoms with van der Waals surface area (Å²) in [7, 11) is 1.77. The highest BCUT2D eigenvalue weighted by Gasteiger charge is 2.24. The van der Waals surface area contributed by atoms with Crippen molar-refractivity contribution in [3.63, 3.8) is 0 Å². The molecule has 0 saturated heterocycles. The van der Waals surface area contributed by atoms with Crippen LogP contribution in [0.1, 0.15) is 17.3 Å². The fourth-order valence-corrected chi connectivity index (χ4v) is 2.72. The van der Waals surface area contributed by atoms with Gasteiger partial charge in [-0.05, 0) is 12.1 Å². The maximum absolute atomic E-state index is 6.17. The molecule has 0 spiro atoms. The molecule has 2 rings (SSSR count). The molecule has 0 bridgehead atoms. The molecule has 0 radical (unpaired) electrons. The highest BCUT2D eigenvalue weighted by Crippen LogP contribution is 2.35. The van der Waals surface area contributed by atoms with Gasteiger partial charge < -0.3 is 0 Å². The number of hydrogen-bond acceptors (Lipinski definition) is 3. The zero-order valence-corrected chi connectivity index (χ0v) is 11.8. The van der Waals surface area contributed by atoms with Crippen molar-refractivity contribution in [3.05, 3.63) is 50.7 Å². The molecule has 2 aromatic rings. The van der Waals surface area contributed by atoms with Crippen LogP contribution in [0.25, 0.3) is 0 Å². The number of nitrogens with two attached hydrogens (primary N) is 1. The molecule has 0 fully saturated rings. The summed E-state index contributed by atoms with van der Waals surface area (Å²) in [6, 6.07) is 4.84. The molecular formula is C11H11Cl3N4. The highest BCUT2D eigenvalue weighted by molar-refractivity contribution is 6.36. The first-order valence-electron chi connectivity index (χ1n) is 5.13. The molecule has 0 amide bonds. The molecule has 1 unspecified atom stereocenters. The lowest BCUT2D eigenvalue weighted by Gasteiger charge is -2.19. The summed E-state index contributed by atoms with van der Waals surface area (Å²) in [5.41, 5.74) is 4.05. The first-order chi connectivity index (χ1) is 8.56. The largest absolute Gasteiger partial charge is 0.271 e. The molecule has 4 nitrogen and oxygen atoms in total. The second-order valence-electron chi connectivity index (χ2n) is 3.74. The summed E-state index contributed by atoms with van der Waals surface area (Å²) >= 11 is 18.5. The molecule has 0 aliphatic heterocycles. The molecule has 1 aromatic heterocycles. The lowest BCUT2D eigenvalue weighted by atomic mass is 10.0. The first-order valence-corrected chi connectivity index (χ1v) is 6.27. The Kier molecular flexibility index (Phi) is 4.14. The number of nitrogens with zero attached hydrogens (tertiary/aromatic N) is 2. The van der Waals surface area contributed by atoms with Crippen LogP contribution in [0.15, 0.2) is 24.4 Å². The van der Waals surface area contributed by atoms with Crippen molar-refractivity contribution in [2.45, 2.75) is 6.04 Å². The number of hydrogen-bond donors (Lipinski definition) is 2. The molecule has 1 heterocycles. The van der Waals surface area contributed by atoms with Gasteiger partial charge in [0.2, 0.25) is 0 Å². The van der Waals surface area contributed by atoms with Crippen molar-refractivity contribution in [1.29, 1.82) is 0 Å². The van der Waals surface area contributed by atoms with Crippen LogP contribution in [-0.2, 0) is 7.05 Å². The minimum absolute atomic E-state index is 0.425. The summed E-state index contributed by atoms with van der Waals surface area (Å²) in [6.45, 7) is 0. The number of aryl methyl sites for hydroxylation is 1. The molecule has 0 saturated carbocycles. The first kappa shape index (κ1) is 13.6. The molecule has 0 aliphatic carbocycles. The van der Waals surface area contributed by atoms with Gasteiger partial charge in [-0.25, -0.2) is 5.43 Å². The maximum Gasteiger partial charge on any atom is 0.0922 e. The average Bonchev–Trinajstić information content (AvgIpc) is 2.65. The Morgan fingerprint density at radius 3 is 2.28 bits per heavy atom. The van der Waals surface area contributed by atoms with Gasteiger partial charge >= 0.3 is 0 Å². The van der Waals surface area contributed by atoms with E-state index in [0.29, 0.717) is 26.3 Å². The highest BCUT2D eigenvalue weighted by atomic mass is 35.5. The third kappa shape index (κ3) is 2.35. The van der Waals surface area contributed by atoms with Crippen LogP contribution in [0.2, 0.25) is 15.1 Å². The average molecular weight is 306 g/mol. The quantitative estimate of drug-likeness (QED) is 0.677. The van der Waals surface area contributed by atoms with Gasteiger partial charge in [0.05, 0.1) is 23.0 Å². The van der Waals surface area contributed by atoms with Crippen molar-refractivity contribution in [2.24, 2.45) is 12.9 Å². The fourth-order valence-electron chi connectivity index (χ4n) is 1.83. The van der Waals surface area contributed by atoms with Crippen LogP contribution < -0.4 is 11.3 Å². The lowest BCUT2D eigenvalue weighted by molar-refractivity contribution is 0.575. The van der Waals surface area contributed by atoms with Gasteiger partial charge in [0.25, 0.3) is 0 Å². The van der Waals surface area contributed by atoms with Gasteiger partial charge in [-0.3, -0.25) is 10.5 Å². The monoisotopic (exact) mass is 304 g/mol. The van der Waals surface area contributed by atoms with E-state index in [4.69, 9.17) is 40.6 Å². The van der Waals surface area contributed by atoms with E-state index in [9.17, 15) is 0 Å². The van der Waals surface area contributed by atoms with E-state index >= 15 is 0 Å². The van der Waals surface area contributed by atoms with Crippen molar-refractivity contribution in [3.8, 4) is 0 Å². The molecule has 0 aliphatic rings. The second kappa shape index (κ2) is 5.47. The number of benzene rings is 1. The normalized spacial score (nSPS) is 12.7. The van der Waals surface area contributed by atoms with Gasteiger partial charge in [-0.1, -0.05) is 40.9 Å². The van der Waals surface area contributed by atoms with E-state index in [2.05, 4.69) is 10.5 Å². The fraction of sp³-hybridized carbons (Fsp3) is 0.182. The molecule has 3 N–H and O–H groups in total. The van der Waals surface area contributed by atoms with Gasteiger partial charge in [-0.15, -0.1) is 0 Å². The van der Waals surface area contributed by atoms with Gasteiger partial charge in [0.15, 0.2) is 0 Å². The van der Waals surface area contributed by atoms with Crippen LogP contribution in [0.4, 0.5) is 0 Å². The zero-order valence-electron chi connectivity index (χ0n) is 9.49. The van der Waals surface area contributed by atoms with Crippen molar-refractivity contribution in [2.75, 3.05) is 0 Å². The number of aromatic nitrogens is 2. The third-order valence-corrected chi connectivity index (χ3v) is 3.62. The predicted octanol–water partition coefficient (Wildman–Crippen LogP) is 2.93. The topological polar surface area (TPSA) is 55.9 Å². The predicted molar refractivity (Wildman–Crippen MR) is 73.8 cm³/mol. The molecule has 1 atom stereocenters. The Balaban J connectivity index is 2.59. The summed E-state index contributed by atoms with van der Waals surface area (Å²) in [5.74, 6) is 5.60. The number of nitrogens with one attached hydrogen (secondary N) is 1. The Labute approximate surface area is 120 Å². The molecule has 7 heteroatoms. The summed E-state index contributed by atoms with van der Waals surface area (Å²) < 4.78 is 1.63. The minimum atomic E-state index is -0.425. The van der Waals surface area contributed by atoms with Crippen LogP contribution >= 0.6 is 34.8 Å². The minimum Gasteiger partial charge on any atom is -0.271 e. The lowest BCUT2D eigenvalue weighted by Crippen LogP contribution is -2.31. The standard InChI is InChI=1S/C11H11Cl3N4/c1-18-11(8(14)5-16-18)10(17-15)9-6(12)3-2-4-7(9)13/h2-5,10,17H,15H2,1H3. The molecular weight excluding hydrogens is 295 g/mol. The Hall–Kier alpha value is -0.780. The maximum atomic E-state index is 6.17. The van der Waals surface area contributed by atoms with Crippen molar-refractivity contribution < 1.29 is 0 Å². The number of hydrazine groups is 1. The molecule has 96 valence electrons. The Bertz CT molecular complexity index is 528. The summed E-state index contributed by atoms with van der Waals surface area (Å²) in [6.07, 6.45) is 1.55. The van der Waals surface area contributed by atoms with E-state index in [-0.39, 0.29) is 0 Å². The van der Waals surface area contributed by atoms with Crippen LogP contribution in [0.5, 0.6) is 0 Å². The van der Waals surface area contributed by atoms with Crippen LogP contribution in [-0.4, -0.2) is 9.78 Å². The zero-order chi connectivity index (χ0) is 13.3. The summed E-state index contributed by atoms with van der Waals surface area (Å²) in [5, 5.41) is 5.60. The molecule has 18 heavy (non-hydrogen) atoms. The van der Waals surface area contributed by atoms with E-state index in [1.165, 1.54) is 0 Å². The van der Waals surface area contributed by atoms with Crippen LogP contribution in [0.3, 0.4) is 0 Å². The third-order valence-electron chi connectivity index (χ3n) is 2.67. The number of halogens is 3. The molecule has 1 aromatic carbocycles. The van der Waals surface area contributed by atoms with E-state index in [0.717, 1.165) is 0 Å². The van der Waals surface area contributed by atoms with Gasteiger partial charge in [-0.2, -0.15) is 5.10 Å². The van der Waals surface area contributed by atoms with Crippen molar-refractivity contribution in [1.82, 2.24) is 15.2 Å². The van der Waals surface area contributed by atoms with E-state index < -0.39 is 6.04 Å². The van der Waals surface area contributed by atoms with Gasteiger partial charge in [0.1, 0.15) is 0 Å². The Morgan fingerprint density at radius 2 is 1.83 bits per heavy atom. The van der Waals surface area contributed by atoms with E-state index in [1.54, 1.807) is 36.1 Å². The van der Waals surface area contributed by atoms with Crippen molar-refractivity contribution >= 4 is 34.8 Å². The summed E-state index contributed by atoms with van der Waals surface area (Å²) in [4.78, 5) is 0. The van der Waals surface area contributed by atoms with E-state index in [1.807, 2.05) is 0 Å². The Morgan fingerprint density at radius 1 is 1.22 bits per heavy atom. The number of rotatable bonds is 3. The smallest absolute Gasteiger partial charge is 0.0922 e.